The van der Waals surface area contributed by atoms with Gasteiger partial charge in [-0.3, -0.25) is 0 Å². The Morgan fingerprint density at radius 2 is 0.956 bits per heavy atom. The minimum Gasteiger partial charge on any atom is -0.545 e. The summed E-state index contributed by atoms with van der Waals surface area (Å²) >= 11 is 0. The maximum Gasteiger partial charge on any atom is 0.214 e. The third-order valence-electron chi connectivity index (χ3n) is 5.02. The molecule has 1 aromatic carbocycles. The lowest BCUT2D eigenvalue weighted by atomic mass is 10.2. The number of carbonyl (C=O) groups is 1. The molecule has 0 aromatic heterocycles. The number of carboxylic acid groups (broad SMARTS) is 1. The van der Waals surface area contributed by atoms with Crippen LogP contribution in [0.15, 0.2) is 27.5 Å². The first-order chi connectivity index (χ1) is 22.1. The van der Waals surface area contributed by atoms with E-state index in [2.05, 4.69) is 30.1 Å². The predicted octanol–water partition coefficient (Wildman–Crippen LogP) is 1.46. The lowest BCUT2D eigenvalue weighted by Crippen LogP contribution is -2.23. The van der Waals surface area contributed by atoms with Crippen molar-refractivity contribution in [2.75, 3.05) is 119 Å². The number of ether oxygens (including phenoxy) is 9. The van der Waals surface area contributed by atoms with Gasteiger partial charge in [0.25, 0.3) is 0 Å². The quantitative estimate of drug-likeness (QED) is 0.0524. The van der Waals surface area contributed by atoms with Crippen molar-refractivity contribution in [1.29, 1.82) is 5.53 Å². The van der Waals surface area contributed by atoms with Gasteiger partial charge >= 0.3 is 0 Å². The van der Waals surface area contributed by atoms with E-state index in [1.54, 1.807) is 0 Å². The number of hydrogen-bond acceptors (Lipinski definition) is 15. The molecular weight excluding hydrogens is 602 g/mol. The van der Waals surface area contributed by atoms with Gasteiger partial charge in [0.1, 0.15) is 37.0 Å². The van der Waals surface area contributed by atoms with Gasteiger partial charge in [0.05, 0.1) is 85.3 Å². The fraction of sp³-hybridized carbons (Fsp3) is 0.720. The third-order valence-corrected chi connectivity index (χ3v) is 5.02. The average molecular weight is 642 g/mol. The van der Waals surface area contributed by atoms with Crippen LogP contribution in [-0.4, -0.2) is 125 Å². The second-order valence-electron chi connectivity index (χ2n) is 8.18. The van der Waals surface area contributed by atoms with E-state index < -0.39 is 5.97 Å². The normalized spacial score (nSPS) is 10.3. The zero-order chi connectivity index (χ0) is 32.6. The Morgan fingerprint density at radius 1 is 0.600 bits per heavy atom. The molecule has 0 amide bonds. The minimum atomic E-state index is -1.44. The number of azide groups is 2. The fourth-order valence-corrected chi connectivity index (χ4v) is 3.10. The van der Waals surface area contributed by atoms with Gasteiger partial charge in [0.15, 0.2) is 11.5 Å². The monoisotopic (exact) mass is 641 g/mol. The summed E-state index contributed by atoms with van der Waals surface area (Å²) in [5.74, 6) is -1.08. The van der Waals surface area contributed by atoms with E-state index in [1.807, 2.05) is 0 Å². The molecule has 0 atom stereocenters. The Balaban J connectivity index is 2.69. The fourth-order valence-electron chi connectivity index (χ4n) is 3.10. The second-order valence-corrected chi connectivity index (χ2v) is 8.18. The van der Waals surface area contributed by atoms with Crippen LogP contribution in [0.25, 0.3) is 20.9 Å². The van der Waals surface area contributed by atoms with Gasteiger partial charge in [0.2, 0.25) is 10.7 Å². The summed E-state index contributed by atoms with van der Waals surface area (Å²) in [5, 5.41) is 21.9. The predicted molar refractivity (Wildman–Crippen MR) is 152 cm³/mol. The molecule has 250 valence electrons. The number of aromatic carboxylic acids is 1. The van der Waals surface area contributed by atoms with Crippen molar-refractivity contribution in [2.45, 2.75) is 0 Å². The molecule has 20 heteroatoms. The van der Waals surface area contributed by atoms with Crippen molar-refractivity contribution >= 4 is 5.97 Å². The van der Waals surface area contributed by atoms with Gasteiger partial charge in [-0.15, -0.1) is 0 Å². The highest BCUT2D eigenvalue weighted by atomic mass is 16.6. The molecule has 0 aliphatic heterocycles. The largest absolute Gasteiger partial charge is 0.545 e. The summed E-state index contributed by atoms with van der Waals surface area (Å²) in [7, 11) is 0. The van der Waals surface area contributed by atoms with Crippen molar-refractivity contribution in [3.63, 3.8) is 0 Å². The molecule has 1 N–H and O–H groups in total. The Labute approximate surface area is 259 Å². The van der Waals surface area contributed by atoms with E-state index in [0.29, 0.717) is 26.4 Å². The Hall–Kier alpha value is -4.22. The van der Waals surface area contributed by atoms with Crippen molar-refractivity contribution in [2.24, 2.45) is 15.3 Å². The molecule has 0 aliphatic carbocycles. The number of hydrogen-bond donors (Lipinski definition) is 1. The van der Waals surface area contributed by atoms with Gasteiger partial charge in [-0.2, -0.15) is 0 Å². The molecule has 1 aromatic rings. The third kappa shape index (κ3) is 21.2. The molecule has 1 rings (SSSR count). The van der Waals surface area contributed by atoms with Gasteiger partial charge in [-0.25, -0.2) is 0 Å². The van der Waals surface area contributed by atoms with Gasteiger partial charge in [-0.05, 0) is 23.2 Å². The van der Waals surface area contributed by atoms with Crippen LogP contribution in [0.4, 0.5) is 0 Å². The zero-order valence-electron chi connectivity index (χ0n) is 25.0. The maximum absolute atomic E-state index is 11.7. The van der Waals surface area contributed by atoms with Crippen molar-refractivity contribution in [1.82, 2.24) is 4.91 Å². The summed E-state index contributed by atoms with van der Waals surface area (Å²) < 4.78 is 49.7. The number of nitrogens with one attached hydrogen (secondary N) is 1. The minimum absolute atomic E-state index is 0.0565. The van der Waals surface area contributed by atoms with Crippen molar-refractivity contribution in [3.8, 4) is 17.2 Å². The first kappa shape index (κ1) is 38.8. The molecule has 0 bridgehead atoms. The van der Waals surface area contributed by atoms with E-state index >= 15 is 0 Å². The summed E-state index contributed by atoms with van der Waals surface area (Å²) in [6, 6.07) is 2.53. The average Bonchev–Trinajstić information content (AvgIpc) is 3.04. The van der Waals surface area contributed by atoms with Crippen LogP contribution in [0.2, 0.25) is 0 Å². The Morgan fingerprint density at radius 3 is 1.33 bits per heavy atom. The van der Waals surface area contributed by atoms with Crippen molar-refractivity contribution < 1.29 is 52.5 Å². The van der Waals surface area contributed by atoms with Crippen LogP contribution < -0.4 is 24.2 Å². The smallest absolute Gasteiger partial charge is 0.214 e. The Bertz CT molecular complexity index is 1040. The summed E-state index contributed by atoms with van der Waals surface area (Å²) in [5.41, 5.74) is 22.9. The van der Waals surface area contributed by atoms with E-state index in [1.165, 1.54) is 12.1 Å². The molecule has 0 saturated carbocycles. The molecule has 0 aliphatic rings. The first-order valence-corrected chi connectivity index (χ1v) is 13.9. The summed E-state index contributed by atoms with van der Waals surface area (Å²) in [4.78, 5) is 19.9. The molecule has 45 heavy (non-hydrogen) atoms. The molecule has 0 spiro atoms. The number of benzene rings is 1. The molecule has 0 heterocycles. The summed E-state index contributed by atoms with van der Waals surface area (Å²) in [6.45, 7) is 4.02. The van der Waals surface area contributed by atoms with Crippen molar-refractivity contribution in [3.05, 3.63) is 38.6 Å². The lowest BCUT2D eigenvalue weighted by molar-refractivity contribution is -0.255. The lowest BCUT2D eigenvalue weighted by Gasteiger charge is -2.19. The van der Waals surface area contributed by atoms with Crippen LogP contribution in [0.3, 0.4) is 0 Å². The topological polar surface area (TPSA) is 271 Å². The highest BCUT2D eigenvalue weighted by Crippen LogP contribution is 2.39. The van der Waals surface area contributed by atoms with Crippen LogP contribution >= 0.6 is 0 Å². The standard InChI is InChI=1S/C25H39N9O11/c26-32-29-1-4-37-7-10-40-13-16-43-22-19-21(25(35)36)20-23(44-17-14-41-11-8-38-5-2-30-33-27)24(22)45-18-15-42-12-9-39-6-3-31-34-28/h19-20,26H,1-18H2. The molecule has 0 radical (unpaired) electrons. The van der Waals surface area contributed by atoms with Crippen LogP contribution in [0, 0.1) is 5.53 Å². The zero-order valence-corrected chi connectivity index (χ0v) is 25.0. The number of carbonyl (C=O) groups excluding carboxylic acids is 1. The van der Waals surface area contributed by atoms with Gasteiger partial charge in [0, 0.05) is 28.5 Å². The van der Waals surface area contributed by atoms with Crippen LogP contribution in [0.1, 0.15) is 10.4 Å². The molecular formula is C25H39N9O11. The van der Waals surface area contributed by atoms with Crippen LogP contribution in [-0.2, 0) is 28.4 Å². The SMILES string of the molecule is [N-]=[N+]=NCCOCCOCCOc1cc(C(=O)[O-])cc(OCCOCCOCCN=[N+]=N)c1OCCOCCOCCN=[N+]=[N-]. The van der Waals surface area contributed by atoms with Crippen LogP contribution in [0.5, 0.6) is 17.2 Å². The number of nitrogens with zero attached hydrogens (tertiary/aromatic N) is 8. The van der Waals surface area contributed by atoms with E-state index in [9.17, 15) is 9.90 Å². The number of carboxylic acids is 1. The molecule has 0 saturated heterocycles. The molecule has 20 nitrogen and oxygen atoms in total. The molecule has 0 fully saturated rings. The van der Waals surface area contributed by atoms with Gasteiger partial charge in [-0.1, -0.05) is 10.2 Å². The molecule has 0 unspecified atom stereocenters. The highest BCUT2D eigenvalue weighted by molar-refractivity contribution is 5.87. The number of rotatable bonds is 31. The van der Waals surface area contributed by atoms with Gasteiger partial charge < -0.3 is 52.5 Å². The first-order valence-electron chi connectivity index (χ1n) is 13.9. The maximum atomic E-state index is 11.7. The van der Waals surface area contributed by atoms with E-state index in [0.717, 1.165) is 0 Å². The van der Waals surface area contributed by atoms with E-state index in [-0.39, 0.29) is 115 Å². The highest BCUT2D eigenvalue weighted by Gasteiger charge is 2.17. The second kappa shape index (κ2) is 28.5. The summed E-state index contributed by atoms with van der Waals surface area (Å²) in [6.07, 6.45) is 0. The van der Waals surface area contributed by atoms with E-state index in [4.69, 9.17) is 59.2 Å². The Kier molecular flexibility index (Phi) is 24.6.